The van der Waals surface area contributed by atoms with Crippen molar-refractivity contribution >= 4 is 9.84 Å². The summed E-state index contributed by atoms with van der Waals surface area (Å²) in [5.41, 5.74) is 1.03. The number of aliphatic hydroxyl groups is 1. The summed E-state index contributed by atoms with van der Waals surface area (Å²) in [6.07, 6.45) is 5.71. The van der Waals surface area contributed by atoms with E-state index in [-0.39, 0.29) is 5.92 Å². The average Bonchev–Trinajstić information content (AvgIpc) is 2.71. The van der Waals surface area contributed by atoms with E-state index in [0.29, 0.717) is 23.4 Å². The zero-order chi connectivity index (χ0) is 22.6. The third kappa shape index (κ3) is 6.11. The maximum Gasteiger partial charge on any atom is 0.175 e. The molecule has 0 heterocycles. The number of hydrogen-bond donors (Lipinski definition) is 2. The quantitative estimate of drug-likeness (QED) is 0.626. The molecule has 1 fully saturated rings. The third-order valence-electron chi connectivity index (χ3n) is 6.31. The molecular formula is C24H31F2NO3S. The van der Waals surface area contributed by atoms with Gasteiger partial charge in [0.15, 0.2) is 9.84 Å². The Labute approximate surface area is 183 Å². The smallest absolute Gasteiger partial charge is 0.175 e. The minimum absolute atomic E-state index is 0.211. The predicted molar refractivity (Wildman–Crippen MR) is 118 cm³/mol. The molecule has 31 heavy (non-hydrogen) atoms. The number of aliphatic hydroxyl groups excluding tert-OH is 1. The Morgan fingerprint density at radius 3 is 2.32 bits per heavy atom. The summed E-state index contributed by atoms with van der Waals surface area (Å²) >= 11 is 0. The van der Waals surface area contributed by atoms with Gasteiger partial charge in [-0.2, -0.15) is 0 Å². The van der Waals surface area contributed by atoms with E-state index in [4.69, 9.17) is 0 Å². The second-order valence-corrected chi connectivity index (χ2v) is 10.9. The van der Waals surface area contributed by atoms with Crippen LogP contribution in [0.2, 0.25) is 0 Å². The standard InChI is InChI=1S/C24H31F2NO3S/c1-17(11-18-12-20(25)15-21(26)13-18)23(28)16-27-24(9-4-3-5-10-24)19-7-6-8-22(14-19)31(2,29)30/h6-8,12-15,17,23,27-28H,3-5,9-11,16H2,1-2H3/t17-,23+/m0/s1. The molecule has 0 bridgehead atoms. The van der Waals surface area contributed by atoms with Crippen LogP contribution in [0.25, 0.3) is 0 Å². The van der Waals surface area contributed by atoms with Gasteiger partial charge in [0, 0.05) is 24.4 Å². The molecule has 0 unspecified atom stereocenters. The van der Waals surface area contributed by atoms with Gasteiger partial charge in [0.05, 0.1) is 11.0 Å². The lowest BCUT2D eigenvalue weighted by molar-refractivity contribution is 0.0946. The van der Waals surface area contributed by atoms with Crippen molar-refractivity contribution in [2.45, 2.75) is 62.0 Å². The van der Waals surface area contributed by atoms with Crippen LogP contribution in [0, 0.1) is 17.6 Å². The molecule has 1 aliphatic rings. The number of halogens is 2. The lowest BCUT2D eigenvalue weighted by Crippen LogP contribution is -2.48. The fourth-order valence-corrected chi connectivity index (χ4v) is 5.15. The minimum Gasteiger partial charge on any atom is -0.392 e. The van der Waals surface area contributed by atoms with Crippen LogP contribution in [-0.2, 0) is 21.8 Å². The first-order chi connectivity index (χ1) is 14.6. The normalized spacial score (nSPS) is 18.5. The van der Waals surface area contributed by atoms with Crippen molar-refractivity contribution in [2.24, 2.45) is 5.92 Å². The molecule has 1 saturated carbocycles. The molecule has 2 atom stereocenters. The van der Waals surface area contributed by atoms with Gasteiger partial charge in [0.2, 0.25) is 0 Å². The lowest BCUT2D eigenvalue weighted by atomic mass is 9.76. The van der Waals surface area contributed by atoms with Crippen molar-refractivity contribution in [3.05, 3.63) is 65.2 Å². The molecule has 2 N–H and O–H groups in total. The largest absolute Gasteiger partial charge is 0.392 e. The highest BCUT2D eigenvalue weighted by Crippen LogP contribution is 2.38. The van der Waals surface area contributed by atoms with E-state index in [9.17, 15) is 22.3 Å². The second kappa shape index (κ2) is 9.76. The summed E-state index contributed by atoms with van der Waals surface area (Å²) < 4.78 is 51.0. The number of rotatable bonds is 8. The summed E-state index contributed by atoms with van der Waals surface area (Å²) in [4.78, 5) is 0.291. The molecule has 2 aromatic rings. The van der Waals surface area contributed by atoms with Gasteiger partial charge in [0.1, 0.15) is 11.6 Å². The van der Waals surface area contributed by atoms with E-state index in [0.717, 1.165) is 43.7 Å². The Bertz CT molecular complexity index is 983. The van der Waals surface area contributed by atoms with Gasteiger partial charge in [-0.1, -0.05) is 38.3 Å². The van der Waals surface area contributed by atoms with Crippen LogP contribution in [0.15, 0.2) is 47.4 Å². The van der Waals surface area contributed by atoms with Crippen molar-refractivity contribution < 1.29 is 22.3 Å². The van der Waals surface area contributed by atoms with Gasteiger partial charge in [-0.3, -0.25) is 0 Å². The number of hydrogen-bond acceptors (Lipinski definition) is 4. The van der Waals surface area contributed by atoms with E-state index >= 15 is 0 Å². The highest BCUT2D eigenvalue weighted by atomic mass is 32.2. The van der Waals surface area contributed by atoms with Gasteiger partial charge >= 0.3 is 0 Å². The summed E-state index contributed by atoms with van der Waals surface area (Å²) in [5, 5.41) is 14.3. The van der Waals surface area contributed by atoms with Crippen molar-refractivity contribution in [2.75, 3.05) is 12.8 Å². The van der Waals surface area contributed by atoms with Crippen LogP contribution >= 0.6 is 0 Å². The highest BCUT2D eigenvalue weighted by molar-refractivity contribution is 7.90. The predicted octanol–water partition coefficient (Wildman–Crippen LogP) is 4.36. The zero-order valence-electron chi connectivity index (χ0n) is 18.1. The minimum atomic E-state index is -3.32. The average molecular weight is 452 g/mol. The second-order valence-electron chi connectivity index (χ2n) is 8.85. The van der Waals surface area contributed by atoms with E-state index in [1.807, 2.05) is 13.0 Å². The molecular weight excluding hydrogens is 420 g/mol. The SMILES string of the molecule is C[C@@H](Cc1cc(F)cc(F)c1)[C@H](O)CNC1(c2cccc(S(C)(=O)=O)c2)CCCCC1. The Balaban J connectivity index is 1.74. The fourth-order valence-electron chi connectivity index (χ4n) is 4.48. The van der Waals surface area contributed by atoms with Crippen molar-refractivity contribution in [1.82, 2.24) is 5.32 Å². The van der Waals surface area contributed by atoms with E-state index < -0.39 is 33.1 Å². The molecule has 7 heteroatoms. The van der Waals surface area contributed by atoms with E-state index in [1.165, 1.54) is 18.4 Å². The molecule has 0 radical (unpaired) electrons. The number of nitrogens with one attached hydrogen (secondary N) is 1. The molecule has 1 aliphatic carbocycles. The van der Waals surface area contributed by atoms with Gasteiger partial charge in [-0.05, 0) is 60.6 Å². The zero-order valence-corrected chi connectivity index (χ0v) is 18.9. The summed E-state index contributed by atoms with van der Waals surface area (Å²) in [5.74, 6) is -1.46. The monoisotopic (exact) mass is 451 g/mol. The Kier molecular flexibility index (Phi) is 7.50. The molecule has 0 amide bonds. The van der Waals surface area contributed by atoms with Crippen LogP contribution in [0.5, 0.6) is 0 Å². The Morgan fingerprint density at radius 2 is 1.71 bits per heavy atom. The first kappa shape index (κ1) is 23.8. The molecule has 170 valence electrons. The lowest BCUT2D eigenvalue weighted by Gasteiger charge is -2.40. The molecule has 0 saturated heterocycles. The van der Waals surface area contributed by atoms with Crippen molar-refractivity contribution in [3.63, 3.8) is 0 Å². The van der Waals surface area contributed by atoms with Crippen molar-refractivity contribution in [3.8, 4) is 0 Å². The highest BCUT2D eigenvalue weighted by Gasteiger charge is 2.35. The van der Waals surface area contributed by atoms with Gasteiger partial charge < -0.3 is 10.4 Å². The topological polar surface area (TPSA) is 66.4 Å². The molecule has 0 spiro atoms. The Hall–Kier alpha value is -1.83. The molecule has 3 rings (SSSR count). The summed E-state index contributed by atoms with van der Waals surface area (Å²) in [7, 11) is -3.32. The number of benzene rings is 2. The van der Waals surface area contributed by atoms with Crippen molar-refractivity contribution in [1.29, 1.82) is 0 Å². The van der Waals surface area contributed by atoms with E-state index in [1.54, 1.807) is 18.2 Å². The van der Waals surface area contributed by atoms with Crippen LogP contribution in [0.4, 0.5) is 8.78 Å². The van der Waals surface area contributed by atoms with E-state index in [2.05, 4.69) is 5.32 Å². The molecule has 2 aromatic carbocycles. The maximum absolute atomic E-state index is 13.5. The van der Waals surface area contributed by atoms with Crippen LogP contribution in [-0.4, -0.2) is 32.4 Å². The summed E-state index contributed by atoms with van der Waals surface area (Å²) in [6.45, 7) is 2.16. The molecule has 0 aromatic heterocycles. The van der Waals surface area contributed by atoms with Gasteiger partial charge in [0.25, 0.3) is 0 Å². The van der Waals surface area contributed by atoms with Crippen LogP contribution in [0.1, 0.15) is 50.2 Å². The maximum atomic E-state index is 13.5. The van der Waals surface area contributed by atoms with Crippen LogP contribution in [0.3, 0.4) is 0 Å². The van der Waals surface area contributed by atoms with Crippen LogP contribution < -0.4 is 5.32 Å². The van der Waals surface area contributed by atoms with Gasteiger partial charge in [-0.25, -0.2) is 17.2 Å². The third-order valence-corrected chi connectivity index (χ3v) is 7.42. The molecule has 0 aliphatic heterocycles. The van der Waals surface area contributed by atoms with Gasteiger partial charge in [-0.15, -0.1) is 0 Å². The first-order valence-electron chi connectivity index (χ1n) is 10.8. The number of sulfone groups is 1. The first-order valence-corrected chi connectivity index (χ1v) is 12.7. The Morgan fingerprint density at radius 1 is 1.06 bits per heavy atom. The molecule has 4 nitrogen and oxygen atoms in total. The summed E-state index contributed by atoms with van der Waals surface area (Å²) in [6, 6.07) is 10.5. The fraction of sp³-hybridized carbons (Fsp3) is 0.500.